The predicted molar refractivity (Wildman–Crippen MR) is 164 cm³/mol. The van der Waals surface area contributed by atoms with Crippen LogP contribution in [0.4, 0.5) is 0 Å². The van der Waals surface area contributed by atoms with E-state index in [4.69, 9.17) is 14.7 Å². The molecule has 6 heteroatoms. The molecular weight excluding hydrogens is 550 g/mol. The van der Waals surface area contributed by atoms with Crippen LogP contribution in [-0.4, -0.2) is 27.5 Å². The quantitative estimate of drug-likeness (QED) is 0.126. The maximum absolute atomic E-state index is 13.6. The molecule has 2 aromatic heterocycles. The van der Waals surface area contributed by atoms with E-state index in [1.165, 1.54) is 5.56 Å². The monoisotopic (exact) mass is 575 g/mol. The fourth-order valence-corrected chi connectivity index (χ4v) is 6.15. The molecule has 39 heavy (non-hydrogen) atoms. The number of para-hydroxylation sites is 2. The molecular formula is C33H26BrN3O2. The highest BCUT2D eigenvalue weighted by Gasteiger charge is 2.23. The van der Waals surface area contributed by atoms with E-state index in [9.17, 15) is 4.79 Å². The van der Waals surface area contributed by atoms with E-state index in [0.29, 0.717) is 12.2 Å². The zero-order chi connectivity index (χ0) is 26.7. The SMILES string of the molecule is CCCCc1ccc2c(c1)c1c(C(=O)OCC)cc3c4cc(Br)ccc4nc3c1c1[nH]c3ccccc3nc21. The van der Waals surface area contributed by atoms with Crippen molar-refractivity contribution in [1.82, 2.24) is 15.0 Å². The van der Waals surface area contributed by atoms with E-state index >= 15 is 0 Å². The van der Waals surface area contributed by atoms with Crippen molar-refractivity contribution < 1.29 is 9.53 Å². The predicted octanol–water partition coefficient (Wildman–Crippen LogP) is 9.01. The smallest absolute Gasteiger partial charge is 0.338 e. The molecule has 7 aromatic rings. The number of aromatic amines is 1. The fraction of sp³-hybridized carbons (Fsp3) is 0.182. The molecule has 7 rings (SSSR count). The highest BCUT2D eigenvalue weighted by atomic mass is 79.9. The number of nitrogens with one attached hydrogen (secondary N) is 1. The summed E-state index contributed by atoms with van der Waals surface area (Å²) >= 11 is 3.62. The van der Waals surface area contributed by atoms with Crippen molar-refractivity contribution in [3.63, 3.8) is 0 Å². The van der Waals surface area contributed by atoms with Crippen LogP contribution >= 0.6 is 15.9 Å². The lowest BCUT2D eigenvalue weighted by molar-refractivity contribution is 0.0529. The second kappa shape index (κ2) is 9.31. The van der Waals surface area contributed by atoms with E-state index in [2.05, 4.69) is 52.1 Å². The first-order valence-corrected chi connectivity index (χ1v) is 14.2. The minimum absolute atomic E-state index is 0.301. The van der Waals surface area contributed by atoms with Crippen LogP contribution in [0.15, 0.2) is 71.2 Å². The molecule has 1 N–H and O–H groups in total. The zero-order valence-corrected chi connectivity index (χ0v) is 23.4. The van der Waals surface area contributed by atoms with Gasteiger partial charge in [0, 0.05) is 31.4 Å². The molecule has 0 saturated carbocycles. The van der Waals surface area contributed by atoms with Gasteiger partial charge in [0.05, 0.1) is 45.3 Å². The number of carbonyl (C=O) groups is 1. The molecule has 0 aliphatic carbocycles. The Morgan fingerprint density at radius 2 is 1.69 bits per heavy atom. The van der Waals surface area contributed by atoms with Crippen LogP contribution in [0.2, 0.25) is 0 Å². The van der Waals surface area contributed by atoms with Gasteiger partial charge in [-0.3, -0.25) is 0 Å². The van der Waals surface area contributed by atoms with Crippen molar-refractivity contribution in [2.75, 3.05) is 6.61 Å². The minimum Gasteiger partial charge on any atom is -0.462 e. The van der Waals surface area contributed by atoms with Crippen LogP contribution in [-0.2, 0) is 11.2 Å². The van der Waals surface area contributed by atoms with Gasteiger partial charge in [0.25, 0.3) is 0 Å². The summed E-state index contributed by atoms with van der Waals surface area (Å²) in [7, 11) is 0. The summed E-state index contributed by atoms with van der Waals surface area (Å²) < 4.78 is 6.59. The largest absolute Gasteiger partial charge is 0.462 e. The lowest BCUT2D eigenvalue weighted by Gasteiger charge is -2.16. The Kier molecular flexibility index (Phi) is 5.74. The summed E-state index contributed by atoms with van der Waals surface area (Å²) in [5, 5.41) is 5.67. The van der Waals surface area contributed by atoms with Gasteiger partial charge >= 0.3 is 5.97 Å². The highest BCUT2D eigenvalue weighted by Crippen LogP contribution is 2.42. The van der Waals surface area contributed by atoms with Gasteiger partial charge in [-0.15, -0.1) is 0 Å². The van der Waals surface area contributed by atoms with Crippen LogP contribution in [0.5, 0.6) is 0 Å². The number of unbranched alkanes of at least 4 members (excludes halogenated alkanes) is 1. The maximum Gasteiger partial charge on any atom is 0.338 e. The van der Waals surface area contributed by atoms with Crippen molar-refractivity contribution >= 4 is 87.3 Å². The van der Waals surface area contributed by atoms with E-state index in [0.717, 1.165) is 89.2 Å². The van der Waals surface area contributed by atoms with Crippen molar-refractivity contribution in [3.05, 3.63) is 82.3 Å². The van der Waals surface area contributed by atoms with E-state index in [1.54, 1.807) is 0 Å². The summed E-state index contributed by atoms with van der Waals surface area (Å²) in [6.45, 7) is 4.35. The first-order valence-electron chi connectivity index (χ1n) is 13.4. The van der Waals surface area contributed by atoms with E-state index in [-0.39, 0.29) is 5.97 Å². The number of nitrogens with zero attached hydrogens (tertiary/aromatic N) is 2. The van der Waals surface area contributed by atoms with Crippen molar-refractivity contribution in [1.29, 1.82) is 0 Å². The van der Waals surface area contributed by atoms with Crippen molar-refractivity contribution in [3.8, 4) is 0 Å². The molecule has 0 fully saturated rings. The number of aryl methyl sites for hydroxylation is 1. The summed E-state index contributed by atoms with van der Waals surface area (Å²) in [5.41, 5.74) is 7.09. The molecule has 0 spiro atoms. The average molecular weight is 576 g/mol. The third-order valence-electron chi connectivity index (χ3n) is 7.59. The average Bonchev–Trinajstić information content (AvgIpc) is 3.32. The van der Waals surface area contributed by atoms with Gasteiger partial charge in [-0.25, -0.2) is 14.8 Å². The standard InChI is InChI=1S/C33H26BrN3O2/c1-3-5-8-18-11-13-20-22(15-18)28-24(33(38)39-4-2)17-23-21-16-19(34)12-14-25(21)35-30(23)29(28)32-31(20)36-26-9-6-7-10-27(26)37-32/h6-7,9-17,37H,3-5,8H2,1-2H3. The van der Waals surface area contributed by atoms with Crippen LogP contribution in [0, 0.1) is 0 Å². The second-order valence-electron chi connectivity index (χ2n) is 10.0. The number of hydrogen-bond donors (Lipinski definition) is 1. The number of fused-ring (bicyclic) bond motifs is 11. The molecule has 0 saturated heterocycles. The van der Waals surface area contributed by atoms with Gasteiger partial charge in [-0.05, 0) is 67.1 Å². The Morgan fingerprint density at radius 1 is 0.846 bits per heavy atom. The summed E-state index contributed by atoms with van der Waals surface area (Å²) in [4.78, 5) is 27.5. The maximum atomic E-state index is 13.6. The molecule has 0 amide bonds. The number of benzene rings is 5. The van der Waals surface area contributed by atoms with E-state index in [1.807, 2.05) is 49.4 Å². The Balaban J connectivity index is 1.77. The summed E-state index contributed by atoms with van der Waals surface area (Å²) in [6.07, 6.45) is 3.20. The molecule has 0 atom stereocenters. The number of ether oxygens (including phenoxy) is 1. The second-order valence-corrected chi connectivity index (χ2v) is 10.9. The zero-order valence-electron chi connectivity index (χ0n) is 21.8. The van der Waals surface area contributed by atoms with Crippen LogP contribution in [0.1, 0.15) is 42.6 Å². The Labute approximate surface area is 233 Å². The number of esters is 1. The van der Waals surface area contributed by atoms with Gasteiger partial charge in [0.1, 0.15) is 0 Å². The number of H-pyrrole nitrogens is 1. The van der Waals surface area contributed by atoms with Crippen molar-refractivity contribution in [2.45, 2.75) is 33.1 Å². The molecule has 0 bridgehead atoms. The topological polar surface area (TPSA) is 67.9 Å². The molecule has 5 nitrogen and oxygen atoms in total. The third-order valence-corrected chi connectivity index (χ3v) is 8.08. The van der Waals surface area contributed by atoms with Gasteiger partial charge < -0.3 is 9.72 Å². The molecule has 0 unspecified atom stereocenters. The highest BCUT2D eigenvalue weighted by molar-refractivity contribution is 9.10. The lowest BCUT2D eigenvalue weighted by atomic mass is 9.91. The molecule has 2 heterocycles. The number of hydrogen-bond acceptors (Lipinski definition) is 4. The normalized spacial score (nSPS) is 12.0. The number of aromatic nitrogens is 3. The molecule has 0 aliphatic heterocycles. The summed E-state index contributed by atoms with van der Waals surface area (Å²) in [6, 6.07) is 22.7. The number of rotatable bonds is 5. The Morgan fingerprint density at radius 3 is 2.54 bits per heavy atom. The first-order chi connectivity index (χ1) is 19.1. The van der Waals surface area contributed by atoms with Crippen LogP contribution in [0.3, 0.4) is 0 Å². The molecule has 0 aliphatic rings. The van der Waals surface area contributed by atoms with Gasteiger partial charge in [-0.2, -0.15) is 0 Å². The first kappa shape index (κ1) is 24.0. The Hall–Kier alpha value is -4.03. The lowest BCUT2D eigenvalue weighted by Crippen LogP contribution is -2.06. The van der Waals surface area contributed by atoms with Crippen LogP contribution in [0.25, 0.3) is 65.4 Å². The van der Waals surface area contributed by atoms with Gasteiger partial charge in [0.2, 0.25) is 0 Å². The van der Waals surface area contributed by atoms with Crippen LogP contribution < -0.4 is 0 Å². The Bertz CT molecular complexity index is 2110. The number of carbonyl (C=O) groups excluding carboxylic acids is 1. The third kappa shape index (κ3) is 3.77. The molecule has 0 radical (unpaired) electrons. The van der Waals surface area contributed by atoms with E-state index < -0.39 is 0 Å². The summed E-state index contributed by atoms with van der Waals surface area (Å²) in [5.74, 6) is -0.331. The van der Waals surface area contributed by atoms with Crippen molar-refractivity contribution in [2.24, 2.45) is 0 Å². The van der Waals surface area contributed by atoms with Gasteiger partial charge in [-0.1, -0.05) is 59.6 Å². The fourth-order valence-electron chi connectivity index (χ4n) is 5.79. The molecule has 192 valence electrons. The minimum atomic E-state index is -0.331. The van der Waals surface area contributed by atoms with Gasteiger partial charge in [0.15, 0.2) is 0 Å². The molecule has 5 aromatic carbocycles. The number of halogens is 1.